The van der Waals surface area contributed by atoms with Gasteiger partial charge in [0.15, 0.2) is 0 Å². The highest BCUT2D eigenvalue weighted by molar-refractivity contribution is 14.1. The van der Waals surface area contributed by atoms with Crippen molar-refractivity contribution < 1.29 is 4.79 Å². The van der Waals surface area contributed by atoms with Crippen molar-refractivity contribution in [1.29, 1.82) is 0 Å². The maximum atomic E-state index is 12.5. The van der Waals surface area contributed by atoms with Gasteiger partial charge in [-0.15, -0.1) is 0 Å². The lowest BCUT2D eigenvalue weighted by Crippen LogP contribution is -2.24. The van der Waals surface area contributed by atoms with Gasteiger partial charge in [0.1, 0.15) is 5.78 Å². The lowest BCUT2D eigenvalue weighted by Gasteiger charge is -2.23. The Morgan fingerprint density at radius 2 is 1.75 bits per heavy atom. The molecule has 20 heavy (non-hydrogen) atoms. The van der Waals surface area contributed by atoms with Gasteiger partial charge in [0.2, 0.25) is 0 Å². The van der Waals surface area contributed by atoms with Crippen molar-refractivity contribution in [1.82, 2.24) is 0 Å². The second kappa shape index (κ2) is 6.08. The molecule has 2 aromatic carbocycles. The molecule has 0 spiro atoms. The standard InChI is InChI=1S/C18H17IO/c19-17-9-5-13(6-10-17)11-18(20)16-8-7-14-3-1-2-4-15(14)12-16/h1-6,9-10,16H,7-8,11-12H2. The first-order chi connectivity index (χ1) is 9.72. The van der Waals surface area contributed by atoms with E-state index in [1.807, 2.05) is 0 Å². The van der Waals surface area contributed by atoms with Gasteiger partial charge in [-0.25, -0.2) is 0 Å². The molecule has 1 aliphatic carbocycles. The highest BCUT2D eigenvalue weighted by atomic mass is 127. The van der Waals surface area contributed by atoms with E-state index < -0.39 is 0 Å². The number of hydrogen-bond acceptors (Lipinski definition) is 1. The van der Waals surface area contributed by atoms with Crippen LogP contribution in [0.4, 0.5) is 0 Å². The van der Waals surface area contributed by atoms with Crippen LogP contribution in [0.25, 0.3) is 0 Å². The molecule has 0 fully saturated rings. The Balaban J connectivity index is 1.68. The van der Waals surface area contributed by atoms with Crippen LogP contribution in [0.1, 0.15) is 23.1 Å². The first kappa shape index (κ1) is 13.8. The minimum Gasteiger partial charge on any atom is -0.299 e. The summed E-state index contributed by atoms with van der Waals surface area (Å²) in [7, 11) is 0. The van der Waals surface area contributed by atoms with Crippen molar-refractivity contribution in [3.8, 4) is 0 Å². The first-order valence-corrected chi connectivity index (χ1v) is 8.14. The van der Waals surface area contributed by atoms with E-state index in [0.717, 1.165) is 24.8 Å². The highest BCUT2D eigenvalue weighted by Crippen LogP contribution is 2.26. The van der Waals surface area contributed by atoms with Crippen molar-refractivity contribution >= 4 is 28.4 Å². The fourth-order valence-corrected chi connectivity index (χ4v) is 3.28. The number of hydrogen-bond donors (Lipinski definition) is 0. The molecule has 3 rings (SSSR count). The molecule has 1 nitrogen and oxygen atoms in total. The van der Waals surface area contributed by atoms with Crippen LogP contribution in [0.5, 0.6) is 0 Å². The minimum absolute atomic E-state index is 0.198. The van der Waals surface area contributed by atoms with E-state index in [-0.39, 0.29) is 5.92 Å². The molecule has 0 aromatic heterocycles. The zero-order chi connectivity index (χ0) is 13.9. The summed E-state index contributed by atoms with van der Waals surface area (Å²) in [5.41, 5.74) is 3.92. The molecule has 1 unspecified atom stereocenters. The van der Waals surface area contributed by atoms with E-state index in [0.29, 0.717) is 12.2 Å². The number of aryl methyl sites for hydroxylation is 1. The molecule has 1 atom stereocenters. The normalized spacial score (nSPS) is 17.6. The lowest BCUT2D eigenvalue weighted by molar-refractivity contribution is -0.122. The van der Waals surface area contributed by atoms with Gasteiger partial charge < -0.3 is 0 Å². The van der Waals surface area contributed by atoms with Crippen molar-refractivity contribution in [3.05, 3.63) is 68.8 Å². The molecule has 1 aliphatic rings. The summed E-state index contributed by atoms with van der Waals surface area (Å²) in [5.74, 6) is 0.588. The molecule has 0 aliphatic heterocycles. The van der Waals surface area contributed by atoms with Crippen molar-refractivity contribution in [3.63, 3.8) is 0 Å². The van der Waals surface area contributed by atoms with Crippen molar-refractivity contribution in [2.45, 2.75) is 25.7 Å². The van der Waals surface area contributed by atoms with Gasteiger partial charge in [-0.1, -0.05) is 36.4 Å². The Labute approximate surface area is 133 Å². The highest BCUT2D eigenvalue weighted by Gasteiger charge is 2.24. The van der Waals surface area contributed by atoms with E-state index >= 15 is 0 Å². The Morgan fingerprint density at radius 3 is 2.50 bits per heavy atom. The zero-order valence-electron chi connectivity index (χ0n) is 11.3. The third-order valence-electron chi connectivity index (χ3n) is 4.09. The van der Waals surface area contributed by atoms with Gasteiger partial charge in [-0.2, -0.15) is 0 Å². The van der Waals surface area contributed by atoms with Gasteiger partial charge in [0, 0.05) is 15.9 Å². The van der Waals surface area contributed by atoms with Gasteiger partial charge in [0.25, 0.3) is 0 Å². The summed E-state index contributed by atoms with van der Waals surface area (Å²) in [6.45, 7) is 0. The monoisotopic (exact) mass is 376 g/mol. The van der Waals surface area contributed by atoms with Crippen LogP contribution in [-0.4, -0.2) is 5.78 Å². The van der Waals surface area contributed by atoms with Crippen molar-refractivity contribution in [2.24, 2.45) is 5.92 Å². The predicted octanol–water partition coefficient (Wildman–Crippen LogP) is 4.21. The first-order valence-electron chi connectivity index (χ1n) is 7.06. The molecule has 0 N–H and O–H groups in total. The average Bonchev–Trinajstić information content (AvgIpc) is 2.49. The predicted molar refractivity (Wildman–Crippen MR) is 89.8 cm³/mol. The topological polar surface area (TPSA) is 17.1 Å². The van der Waals surface area contributed by atoms with Gasteiger partial charge >= 0.3 is 0 Å². The molecular weight excluding hydrogens is 359 g/mol. The number of halogens is 1. The fraction of sp³-hybridized carbons (Fsp3) is 0.278. The summed E-state index contributed by atoms with van der Waals surface area (Å²) in [6, 6.07) is 16.8. The van der Waals surface area contributed by atoms with Gasteiger partial charge in [-0.05, 0) is 70.7 Å². The molecule has 0 saturated carbocycles. The summed E-state index contributed by atoms with van der Waals surface area (Å²) in [6.07, 6.45) is 3.53. The molecule has 0 bridgehead atoms. The number of carbonyl (C=O) groups excluding carboxylic acids is 1. The Hall–Kier alpha value is -1.16. The van der Waals surface area contributed by atoms with Gasteiger partial charge in [0.05, 0.1) is 0 Å². The van der Waals surface area contributed by atoms with E-state index in [4.69, 9.17) is 0 Å². The smallest absolute Gasteiger partial charge is 0.140 e. The molecular formula is C18H17IO. The molecule has 102 valence electrons. The van der Waals surface area contributed by atoms with E-state index in [2.05, 4.69) is 71.1 Å². The minimum atomic E-state index is 0.198. The number of benzene rings is 2. The zero-order valence-corrected chi connectivity index (χ0v) is 13.5. The summed E-state index contributed by atoms with van der Waals surface area (Å²) < 4.78 is 1.21. The van der Waals surface area contributed by atoms with Crippen LogP contribution in [-0.2, 0) is 24.1 Å². The summed E-state index contributed by atoms with van der Waals surface area (Å²) >= 11 is 2.29. The Bertz CT molecular complexity index is 616. The molecule has 0 saturated heterocycles. The number of rotatable bonds is 3. The van der Waals surface area contributed by atoms with Crippen LogP contribution < -0.4 is 0 Å². The van der Waals surface area contributed by atoms with Crippen LogP contribution in [0.2, 0.25) is 0 Å². The van der Waals surface area contributed by atoms with Crippen LogP contribution in [0.15, 0.2) is 48.5 Å². The van der Waals surface area contributed by atoms with E-state index in [9.17, 15) is 4.79 Å². The molecule has 2 heteroatoms. The Kier molecular flexibility index (Phi) is 4.20. The quantitative estimate of drug-likeness (QED) is 0.734. The summed E-state index contributed by atoms with van der Waals surface area (Å²) in [4.78, 5) is 12.5. The molecule has 2 aromatic rings. The third kappa shape index (κ3) is 3.11. The van der Waals surface area contributed by atoms with E-state index in [1.54, 1.807) is 0 Å². The second-order valence-electron chi connectivity index (χ2n) is 5.48. The van der Waals surface area contributed by atoms with Crippen molar-refractivity contribution in [2.75, 3.05) is 0 Å². The SMILES string of the molecule is O=C(Cc1ccc(I)cc1)C1CCc2ccccc2C1. The lowest BCUT2D eigenvalue weighted by atomic mass is 9.80. The maximum Gasteiger partial charge on any atom is 0.140 e. The molecule has 0 heterocycles. The van der Waals surface area contributed by atoms with Gasteiger partial charge in [-0.3, -0.25) is 4.79 Å². The number of fused-ring (bicyclic) bond motifs is 1. The fourth-order valence-electron chi connectivity index (χ4n) is 2.92. The largest absolute Gasteiger partial charge is 0.299 e. The summed E-state index contributed by atoms with van der Waals surface area (Å²) in [5, 5.41) is 0. The third-order valence-corrected chi connectivity index (χ3v) is 4.81. The van der Waals surface area contributed by atoms with Crippen LogP contribution in [0, 0.1) is 9.49 Å². The number of ketones is 1. The van der Waals surface area contributed by atoms with Crippen LogP contribution in [0.3, 0.4) is 0 Å². The second-order valence-corrected chi connectivity index (χ2v) is 6.72. The van der Waals surface area contributed by atoms with E-state index in [1.165, 1.54) is 14.7 Å². The van der Waals surface area contributed by atoms with Crippen LogP contribution >= 0.6 is 22.6 Å². The number of carbonyl (C=O) groups is 1. The average molecular weight is 376 g/mol. The Morgan fingerprint density at radius 1 is 1.05 bits per heavy atom. The maximum absolute atomic E-state index is 12.5. The number of Topliss-reactive ketones (excluding diaryl/α,β-unsaturated/α-hetero) is 1. The molecule has 0 amide bonds. The molecule has 0 radical (unpaired) electrons.